The standard InChI is InChI=1S/C16H22N2O2/c19-16(20)13-6-8-18(9-7-13)11-17-15-10-14(15)12-4-2-1-3-5-12/h1-5,13-15,17H,6-11H2,(H,19,20)/t14-,15+/m0/s1. The molecule has 0 radical (unpaired) electrons. The van der Waals surface area contributed by atoms with Crippen LogP contribution in [-0.4, -0.2) is 41.8 Å². The van der Waals surface area contributed by atoms with Crippen LogP contribution in [0.5, 0.6) is 0 Å². The molecule has 0 amide bonds. The number of carbonyl (C=O) groups is 1. The van der Waals surface area contributed by atoms with Gasteiger partial charge in [0, 0.05) is 31.7 Å². The lowest BCUT2D eigenvalue weighted by Gasteiger charge is -2.30. The van der Waals surface area contributed by atoms with E-state index in [2.05, 4.69) is 40.5 Å². The molecule has 4 heteroatoms. The fourth-order valence-corrected chi connectivity index (χ4v) is 3.07. The van der Waals surface area contributed by atoms with Crippen molar-refractivity contribution < 1.29 is 9.90 Å². The summed E-state index contributed by atoms with van der Waals surface area (Å²) in [6.07, 6.45) is 2.78. The van der Waals surface area contributed by atoms with Crippen molar-refractivity contribution >= 4 is 5.97 Å². The molecular formula is C16H22N2O2. The number of nitrogens with zero attached hydrogens (tertiary/aromatic N) is 1. The van der Waals surface area contributed by atoms with Crippen LogP contribution >= 0.6 is 0 Å². The molecular weight excluding hydrogens is 252 g/mol. The molecule has 0 unspecified atom stereocenters. The molecule has 0 spiro atoms. The number of likely N-dealkylation sites (tertiary alicyclic amines) is 1. The largest absolute Gasteiger partial charge is 0.481 e. The van der Waals surface area contributed by atoms with Crippen molar-refractivity contribution in [1.82, 2.24) is 10.2 Å². The lowest BCUT2D eigenvalue weighted by Crippen LogP contribution is -2.42. The first-order chi connectivity index (χ1) is 9.74. The molecule has 1 saturated heterocycles. The van der Waals surface area contributed by atoms with E-state index in [1.807, 2.05) is 0 Å². The van der Waals surface area contributed by atoms with Crippen LogP contribution in [0.25, 0.3) is 0 Å². The third-order valence-electron chi connectivity index (χ3n) is 4.53. The summed E-state index contributed by atoms with van der Waals surface area (Å²) in [4.78, 5) is 13.2. The van der Waals surface area contributed by atoms with E-state index >= 15 is 0 Å². The summed E-state index contributed by atoms with van der Waals surface area (Å²) >= 11 is 0. The fourth-order valence-electron chi connectivity index (χ4n) is 3.07. The van der Waals surface area contributed by atoms with E-state index in [1.165, 1.54) is 12.0 Å². The molecule has 2 fully saturated rings. The van der Waals surface area contributed by atoms with Gasteiger partial charge in [-0.3, -0.25) is 9.69 Å². The minimum atomic E-state index is -0.635. The summed E-state index contributed by atoms with van der Waals surface area (Å²) in [6, 6.07) is 11.2. The number of hydrogen-bond donors (Lipinski definition) is 2. The number of carboxylic acid groups (broad SMARTS) is 1. The van der Waals surface area contributed by atoms with E-state index in [4.69, 9.17) is 5.11 Å². The summed E-state index contributed by atoms with van der Waals surface area (Å²) in [5.41, 5.74) is 1.43. The number of benzene rings is 1. The Morgan fingerprint density at radius 2 is 1.95 bits per heavy atom. The molecule has 20 heavy (non-hydrogen) atoms. The van der Waals surface area contributed by atoms with Crippen LogP contribution in [0.1, 0.15) is 30.7 Å². The molecule has 108 valence electrons. The number of rotatable bonds is 5. The highest BCUT2D eigenvalue weighted by Crippen LogP contribution is 2.40. The molecule has 1 aliphatic heterocycles. The first-order valence-electron chi connectivity index (χ1n) is 7.47. The predicted octanol–water partition coefficient (Wildman–Crippen LogP) is 1.89. The van der Waals surface area contributed by atoms with Gasteiger partial charge in [-0.2, -0.15) is 0 Å². The highest BCUT2D eigenvalue weighted by atomic mass is 16.4. The Bertz CT molecular complexity index is 455. The number of carboxylic acids is 1. The summed E-state index contributed by atoms with van der Waals surface area (Å²) in [5.74, 6) is -0.110. The lowest BCUT2D eigenvalue weighted by atomic mass is 9.97. The normalized spacial score (nSPS) is 27.4. The monoisotopic (exact) mass is 274 g/mol. The molecule has 1 aliphatic carbocycles. The van der Waals surface area contributed by atoms with Gasteiger partial charge in [-0.05, 0) is 24.8 Å². The van der Waals surface area contributed by atoms with Gasteiger partial charge in [0.1, 0.15) is 0 Å². The SMILES string of the molecule is O=C(O)C1CCN(CN[C@@H]2C[C@H]2c2ccccc2)CC1. The van der Waals surface area contributed by atoms with E-state index in [0.717, 1.165) is 32.6 Å². The number of nitrogens with one attached hydrogen (secondary N) is 1. The van der Waals surface area contributed by atoms with Crippen molar-refractivity contribution in [2.45, 2.75) is 31.2 Å². The zero-order valence-corrected chi connectivity index (χ0v) is 11.7. The van der Waals surface area contributed by atoms with E-state index < -0.39 is 5.97 Å². The third kappa shape index (κ3) is 3.19. The maximum Gasteiger partial charge on any atom is 0.306 e. The Hall–Kier alpha value is -1.39. The quantitative estimate of drug-likeness (QED) is 0.861. The Kier molecular flexibility index (Phi) is 4.03. The highest BCUT2D eigenvalue weighted by molar-refractivity contribution is 5.70. The Labute approximate surface area is 119 Å². The van der Waals surface area contributed by atoms with Crippen LogP contribution in [0.2, 0.25) is 0 Å². The van der Waals surface area contributed by atoms with Gasteiger partial charge >= 0.3 is 5.97 Å². The van der Waals surface area contributed by atoms with Gasteiger partial charge in [0.2, 0.25) is 0 Å². The van der Waals surface area contributed by atoms with Crippen LogP contribution in [0.4, 0.5) is 0 Å². The van der Waals surface area contributed by atoms with Gasteiger partial charge in [-0.25, -0.2) is 0 Å². The Morgan fingerprint density at radius 1 is 1.25 bits per heavy atom. The van der Waals surface area contributed by atoms with E-state index in [-0.39, 0.29) is 5.92 Å². The number of aliphatic carboxylic acids is 1. The van der Waals surface area contributed by atoms with E-state index in [1.54, 1.807) is 0 Å². The van der Waals surface area contributed by atoms with Crippen LogP contribution in [-0.2, 0) is 4.79 Å². The van der Waals surface area contributed by atoms with Gasteiger partial charge in [-0.1, -0.05) is 30.3 Å². The van der Waals surface area contributed by atoms with Gasteiger partial charge in [0.15, 0.2) is 0 Å². The number of hydrogen-bond acceptors (Lipinski definition) is 3. The molecule has 0 aromatic heterocycles. The van der Waals surface area contributed by atoms with Crippen molar-refractivity contribution in [3.63, 3.8) is 0 Å². The smallest absolute Gasteiger partial charge is 0.306 e. The van der Waals surface area contributed by atoms with Crippen molar-refractivity contribution in [2.24, 2.45) is 5.92 Å². The average Bonchev–Trinajstić information content (AvgIpc) is 3.26. The lowest BCUT2D eigenvalue weighted by molar-refractivity contribution is -0.143. The zero-order chi connectivity index (χ0) is 13.9. The summed E-state index contributed by atoms with van der Waals surface area (Å²) < 4.78 is 0. The average molecular weight is 274 g/mol. The molecule has 1 saturated carbocycles. The summed E-state index contributed by atoms with van der Waals surface area (Å²) in [5, 5.41) is 12.6. The van der Waals surface area contributed by atoms with Crippen LogP contribution in [0.3, 0.4) is 0 Å². The third-order valence-corrected chi connectivity index (χ3v) is 4.53. The maximum absolute atomic E-state index is 10.9. The molecule has 2 atom stereocenters. The molecule has 1 aromatic rings. The van der Waals surface area contributed by atoms with E-state index in [0.29, 0.717) is 12.0 Å². The van der Waals surface area contributed by atoms with Gasteiger partial charge in [0.05, 0.1) is 5.92 Å². The predicted molar refractivity (Wildman–Crippen MR) is 77.5 cm³/mol. The molecule has 3 rings (SSSR count). The second-order valence-corrected chi connectivity index (χ2v) is 5.95. The van der Waals surface area contributed by atoms with Crippen molar-refractivity contribution in [1.29, 1.82) is 0 Å². The Balaban J connectivity index is 1.39. The van der Waals surface area contributed by atoms with Crippen molar-refractivity contribution in [3.8, 4) is 0 Å². The van der Waals surface area contributed by atoms with Crippen LogP contribution in [0, 0.1) is 5.92 Å². The highest BCUT2D eigenvalue weighted by Gasteiger charge is 2.38. The second-order valence-electron chi connectivity index (χ2n) is 5.95. The fraction of sp³-hybridized carbons (Fsp3) is 0.562. The zero-order valence-electron chi connectivity index (χ0n) is 11.7. The topological polar surface area (TPSA) is 52.6 Å². The molecule has 1 heterocycles. The molecule has 1 aromatic carbocycles. The molecule has 2 aliphatic rings. The maximum atomic E-state index is 10.9. The van der Waals surface area contributed by atoms with E-state index in [9.17, 15) is 4.79 Å². The summed E-state index contributed by atoms with van der Waals surface area (Å²) in [6.45, 7) is 2.68. The van der Waals surface area contributed by atoms with Crippen molar-refractivity contribution in [2.75, 3.05) is 19.8 Å². The minimum Gasteiger partial charge on any atom is -0.481 e. The molecule has 0 bridgehead atoms. The molecule has 2 N–H and O–H groups in total. The minimum absolute atomic E-state index is 0.135. The first kappa shape index (κ1) is 13.6. The van der Waals surface area contributed by atoms with Gasteiger partial charge in [0.25, 0.3) is 0 Å². The van der Waals surface area contributed by atoms with Crippen LogP contribution in [0.15, 0.2) is 30.3 Å². The first-order valence-corrected chi connectivity index (χ1v) is 7.47. The summed E-state index contributed by atoms with van der Waals surface area (Å²) in [7, 11) is 0. The second kappa shape index (κ2) is 5.94. The van der Waals surface area contributed by atoms with Crippen LogP contribution < -0.4 is 5.32 Å². The van der Waals surface area contributed by atoms with Gasteiger partial charge < -0.3 is 10.4 Å². The van der Waals surface area contributed by atoms with Crippen molar-refractivity contribution in [3.05, 3.63) is 35.9 Å². The Morgan fingerprint density at radius 3 is 2.60 bits per heavy atom. The van der Waals surface area contributed by atoms with Gasteiger partial charge in [-0.15, -0.1) is 0 Å². The molecule has 4 nitrogen and oxygen atoms in total. The number of piperidine rings is 1.